The van der Waals surface area contributed by atoms with Crippen LogP contribution in [-0.4, -0.2) is 64.6 Å². The number of rotatable bonds is 8. The van der Waals surface area contributed by atoms with E-state index in [1.165, 1.54) is 6.42 Å². The van der Waals surface area contributed by atoms with E-state index >= 15 is 0 Å². The maximum atomic E-state index is 5.26. The molecule has 4 nitrogen and oxygen atoms in total. The maximum Gasteiger partial charge on any atom is 0.0615 e. The SMILES string of the molecule is COCCN(CC1(C)CCNC1)C(C)COC. The van der Waals surface area contributed by atoms with Gasteiger partial charge >= 0.3 is 0 Å². The van der Waals surface area contributed by atoms with E-state index in [9.17, 15) is 0 Å². The van der Waals surface area contributed by atoms with Crippen LogP contribution in [0.2, 0.25) is 0 Å². The maximum absolute atomic E-state index is 5.26. The minimum atomic E-state index is 0.399. The highest BCUT2D eigenvalue weighted by Gasteiger charge is 2.31. The lowest BCUT2D eigenvalue weighted by Gasteiger charge is -2.35. The van der Waals surface area contributed by atoms with Gasteiger partial charge in [-0.1, -0.05) is 6.92 Å². The lowest BCUT2D eigenvalue weighted by Crippen LogP contribution is -2.45. The van der Waals surface area contributed by atoms with Crippen LogP contribution in [-0.2, 0) is 9.47 Å². The Morgan fingerprint density at radius 1 is 1.35 bits per heavy atom. The number of hydrogen-bond acceptors (Lipinski definition) is 4. The Morgan fingerprint density at radius 3 is 2.65 bits per heavy atom. The third kappa shape index (κ3) is 4.92. The first kappa shape index (κ1) is 14.9. The first-order valence-electron chi connectivity index (χ1n) is 6.54. The summed E-state index contributed by atoms with van der Waals surface area (Å²) in [5.74, 6) is 0. The molecule has 2 atom stereocenters. The van der Waals surface area contributed by atoms with Crippen molar-refractivity contribution in [3.05, 3.63) is 0 Å². The second-order valence-corrected chi connectivity index (χ2v) is 5.51. The van der Waals surface area contributed by atoms with Gasteiger partial charge in [-0.15, -0.1) is 0 Å². The van der Waals surface area contributed by atoms with Gasteiger partial charge < -0.3 is 14.8 Å². The Kier molecular flexibility index (Phi) is 6.41. The monoisotopic (exact) mass is 244 g/mol. The molecule has 1 saturated heterocycles. The molecule has 102 valence electrons. The molecule has 2 unspecified atom stereocenters. The average Bonchev–Trinajstić information content (AvgIpc) is 2.72. The van der Waals surface area contributed by atoms with Gasteiger partial charge in [0, 0.05) is 39.9 Å². The predicted octanol–water partition coefficient (Wildman–Crippen LogP) is 0.969. The summed E-state index contributed by atoms with van der Waals surface area (Å²) in [6.07, 6.45) is 1.26. The highest BCUT2D eigenvalue weighted by molar-refractivity contribution is 4.87. The zero-order valence-corrected chi connectivity index (χ0v) is 11.8. The molecule has 0 saturated carbocycles. The summed E-state index contributed by atoms with van der Waals surface area (Å²) in [6.45, 7) is 10.5. The van der Waals surface area contributed by atoms with Gasteiger partial charge in [0.15, 0.2) is 0 Å². The highest BCUT2D eigenvalue weighted by atomic mass is 16.5. The quantitative estimate of drug-likeness (QED) is 0.690. The zero-order chi connectivity index (χ0) is 12.7. The molecule has 17 heavy (non-hydrogen) atoms. The first-order chi connectivity index (χ1) is 8.11. The minimum absolute atomic E-state index is 0.399. The van der Waals surface area contributed by atoms with Crippen molar-refractivity contribution >= 4 is 0 Å². The van der Waals surface area contributed by atoms with E-state index in [-0.39, 0.29) is 0 Å². The summed E-state index contributed by atoms with van der Waals surface area (Å²) in [6, 6.07) is 0.451. The van der Waals surface area contributed by atoms with Crippen molar-refractivity contribution < 1.29 is 9.47 Å². The van der Waals surface area contributed by atoms with E-state index in [4.69, 9.17) is 9.47 Å². The summed E-state index contributed by atoms with van der Waals surface area (Å²) in [4.78, 5) is 2.49. The van der Waals surface area contributed by atoms with Gasteiger partial charge in [-0.05, 0) is 25.3 Å². The van der Waals surface area contributed by atoms with Crippen molar-refractivity contribution in [2.75, 3.05) is 53.6 Å². The number of nitrogens with one attached hydrogen (secondary N) is 1. The smallest absolute Gasteiger partial charge is 0.0615 e. The average molecular weight is 244 g/mol. The Hall–Kier alpha value is -0.160. The number of hydrogen-bond donors (Lipinski definition) is 1. The topological polar surface area (TPSA) is 33.7 Å². The number of nitrogens with zero attached hydrogens (tertiary/aromatic N) is 1. The molecule has 0 aromatic rings. The van der Waals surface area contributed by atoms with Crippen LogP contribution >= 0.6 is 0 Å². The molecule has 0 aliphatic carbocycles. The fraction of sp³-hybridized carbons (Fsp3) is 1.00. The van der Waals surface area contributed by atoms with Crippen molar-refractivity contribution in [2.24, 2.45) is 5.41 Å². The van der Waals surface area contributed by atoms with Crippen LogP contribution in [0.3, 0.4) is 0 Å². The largest absolute Gasteiger partial charge is 0.383 e. The van der Waals surface area contributed by atoms with Gasteiger partial charge in [-0.2, -0.15) is 0 Å². The summed E-state index contributed by atoms with van der Waals surface area (Å²) < 4.78 is 10.5. The van der Waals surface area contributed by atoms with Crippen molar-refractivity contribution in [3.8, 4) is 0 Å². The lowest BCUT2D eigenvalue weighted by atomic mass is 9.89. The van der Waals surface area contributed by atoms with Crippen molar-refractivity contribution in [1.29, 1.82) is 0 Å². The molecule has 0 spiro atoms. The summed E-state index contributed by atoms with van der Waals surface area (Å²) >= 11 is 0. The van der Waals surface area contributed by atoms with Crippen LogP contribution in [0.25, 0.3) is 0 Å². The molecule has 0 aromatic carbocycles. The first-order valence-corrected chi connectivity index (χ1v) is 6.54. The van der Waals surface area contributed by atoms with Crippen LogP contribution in [0, 0.1) is 5.41 Å². The van der Waals surface area contributed by atoms with Gasteiger partial charge in [0.25, 0.3) is 0 Å². The van der Waals surface area contributed by atoms with Gasteiger partial charge in [-0.3, -0.25) is 4.90 Å². The van der Waals surface area contributed by atoms with E-state index in [0.717, 1.165) is 39.4 Å². The Labute approximate surface area is 106 Å². The molecule has 1 aliphatic heterocycles. The molecule has 0 amide bonds. The Bertz CT molecular complexity index is 206. The van der Waals surface area contributed by atoms with E-state index in [1.54, 1.807) is 14.2 Å². The second-order valence-electron chi connectivity index (χ2n) is 5.51. The highest BCUT2D eigenvalue weighted by Crippen LogP contribution is 2.26. The van der Waals surface area contributed by atoms with Crippen LogP contribution in [0.1, 0.15) is 20.3 Å². The van der Waals surface area contributed by atoms with Crippen LogP contribution in [0.4, 0.5) is 0 Å². The number of methoxy groups -OCH3 is 2. The van der Waals surface area contributed by atoms with E-state index in [0.29, 0.717) is 11.5 Å². The molecule has 0 aromatic heterocycles. The number of ether oxygens (including phenoxy) is 2. The minimum Gasteiger partial charge on any atom is -0.383 e. The molecular weight excluding hydrogens is 216 g/mol. The normalized spacial score (nSPS) is 26.6. The zero-order valence-electron chi connectivity index (χ0n) is 11.8. The predicted molar refractivity (Wildman–Crippen MR) is 70.4 cm³/mol. The molecular formula is C13H28N2O2. The summed E-state index contributed by atoms with van der Waals surface area (Å²) in [7, 11) is 3.53. The van der Waals surface area contributed by atoms with E-state index in [1.807, 2.05) is 0 Å². The van der Waals surface area contributed by atoms with Gasteiger partial charge in [0.2, 0.25) is 0 Å². The second kappa shape index (κ2) is 7.31. The molecule has 0 radical (unpaired) electrons. The van der Waals surface area contributed by atoms with Crippen LogP contribution in [0.5, 0.6) is 0 Å². The third-order valence-corrected chi connectivity index (χ3v) is 3.66. The standard InChI is InChI=1S/C13H28N2O2/c1-12(9-17-4)15(7-8-16-3)11-13(2)5-6-14-10-13/h12,14H,5-11H2,1-4H3. The lowest BCUT2D eigenvalue weighted by molar-refractivity contribution is 0.0513. The molecule has 1 aliphatic rings. The van der Waals surface area contributed by atoms with E-state index in [2.05, 4.69) is 24.1 Å². The fourth-order valence-electron chi connectivity index (χ4n) is 2.50. The Morgan fingerprint density at radius 2 is 2.12 bits per heavy atom. The van der Waals surface area contributed by atoms with Crippen molar-refractivity contribution in [1.82, 2.24) is 10.2 Å². The summed E-state index contributed by atoms with van der Waals surface area (Å²) in [5.41, 5.74) is 0.399. The molecule has 1 N–H and O–H groups in total. The van der Waals surface area contributed by atoms with Gasteiger partial charge in [0.1, 0.15) is 0 Å². The Balaban J connectivity index is 2.49. The van der Waals surface area contributed by atoms with Crippen LogP contribution < -0.4 is 5.32 Å². The molecule has 1 rings (SSSR count). The molecule has 1 heterocycles. The third-order valence-electron chi connectivity index (χ3n) is 3.66. The van der Waals surface area contributed by atoms with Gasteiger partial charge in [0.05, 0.1) is 13.2 Å². The van der Waals surface area contributed by atoms with Gasteiger partial charge in [-0.25, -0.2) is 0 Å². The van der Waals surface area contributed by atoms with Crippen molar-refractivity contribution in [3.63, 3.8) is 0 Å². The molecule has 4 heteroatoms. The molecule has 1 fully saturated rings. The molecule has 0 bridgehead atoms. The fourth-order valence-corrected chi connectivity index (χ4v) is 2.50. The summed E-state index contributed by atoms with van der Waals surface area (Å²) in [5, 5.41) is 3.46. The van der Waals surface area contributed by atoms with E-state index < -0.39 is 0 Å². The van der Waals surface area contributed by atoms with Crippen LogP contribution in [0.15, 0.2) is 0 Å². The van der Waals surface area contributed by atoms with Crippen molar-refractivity contribution in [2.45, 2.75) is 26.3 Å².